The molecule has 1 heterocycles. The number of rotatable bonds is 9. The summed E-state index contributed by atoms with van der Waals surface area (Å²) in [6, 6.07) is 11.7. The zero-order valence-corrected chi connectivity index (χ0v) is 17.9. The lowest BCUT2D eigenvalue weighted by atomic mass is 10.1. The van der Waals surface area contributed by atoms with Gasteiger partial charge in [0, 0.05) is 25.3 Å². The quantitative estimate of drug-likeness (QED) is 0.627. The molecule has 2 aromatic carbocycles. The van der Waals surface area contributed by atoms with Crippen LogP contribution < -0.4 is 19.7 Å². The average molecular weight is 415 g/mol. The molecule has 0 saturated carbocycles. The molecule has 1 N–H and O–H groups in total. The topological polar surface area (TPSA) is 69.3 Å². The van der Waals surface area contributed by atoms with E-state index in [1.165, 1.54) is 7.11 Å². The van der Waals surface area contributed by atoms with Crippen molar-refractivity contribution < 1.29 is 23.7 Å². The molecule has 3 rings (SSSR count). The highest BCUT2D eigenvalue weighted by Crippen LogP contribution is 2.30. The lowest BCUT2D eigenvalue weighted by Crippen LogP contribution is -2.37. The lowest BCUT2D eigenvalue weighted by Gasteiger charge is -2.30. The molecule has 0 aliphatic carbocycles. The van der Waals surface area contributed by atoms with Gasteiger partial charge in [0.15, 0.2) is 11.5 Å². The number of morpholine rings is 1. The largest absolute Gasteiger partial charge is 0.490 e. The van der Waals surface area contributed by atoms with Gasteiger partial charge in [0.1, 0.15) is 0 Å². The van der Waals surface area contributed by atoms with Gasteiger partial charge in [0.25, 0.3) is 0 Å². The van der Waals surface area contributed by atoms with Crippen LogP contribution in [0.2, 0.25) is 0 Å². The molecule has 0 spiro atoms. The number of hydrogen-bond donors (Lipinski definition) is 1. The number of esters is 1. The van der Waals surface area contributed by atoms with Crippen LogP contribution in [-0.2, 0) is 16.0 Å². The molecule has 0 atom stereocenters. The Balaban J connectivity index is 1.76. The second-order valence-electron chi connectivity index (χ2n) is 6.82. The second-order valence-corrected chi connectivity index (χ2v) is 6.82. The van der Waals surface area contributed by atoms with Gasteiger partial charge < -0.3 is 29.2 Å². The maximum absolute atomic E-state index is 12.4. The first kappa shape index (κ1) is 21.8. The highest BCUT2D eigenvalue weighted by molar-refractivity contribution is 5.97. The summed E-state index contributed by atoms with van der Waals surface area (Å²) in [6.45, 7) is 8.46. The first-order valence-electron chi connectivity index (χ1n) is 10.3. The van der Waals surface area contributed by atoms with Crippen LogP contribution in [0.1, 0.15) is 29.8 Å². The molecule has 1 fully saturated rings. The van der Waals surface area contributed by atoms with Crippen LogP contribution in [0.25, 0.3) is 0 Å². The van der Waals surface area contributed by atoms with Crippen molar-refractivity contribution in [3.8, 4) is 11.5 Å². The van der Waals surface area contributed by atoms with E-state index < -0.39 is 0 Å². The van der Waals surface area contributed by atoms with Crippen molar-refractivity contribution in [2.24, 2.45) is 0 Å². The molecule has 0 aromatic heterocycles. The van der Waals surface area contributed by atoms with Crippen molar-refractivity contribution in [3.05, 3.63) is 47.5 Å². The van der Waals surface area contributed by atoms with E-state index in [1.54, 1.807) is 0 Å². The normalized spacial score (nSPS) is 13.6. The fraction of sp³-hybridized carbons (Fsp3) is 0.435. The Kier molecular flexibility index (Phi) is 7.79. The number of benzene rings is 2. The number of anilines is 2. The van der Waals surface area contributed by atoms with Gasteiger partial charge >= 0.3 is 5.97 Å². The van der Waals surface area contributed by atoms with Gasteiger partial charge in [0.05, 0.1) is 44.8 Å². The fourth-order valence-electron chi connectivity index (χ4n) is 3.41. The minimum absolute atomic E-state index is 0.347. The summed E-state index contributed by atoms with van der Waals surface area (Å²) in [6.07, 6.45) is 0. The van der Waals surface area contributed by atoms with E-state index in [-0.39, 0.29) is 5.97 Å². The van der Waals surface area contributed by atoms with E-state index >= 15 is 0 Å². The van der Waals surface area contributed by atoms with Crippen molar-refractivity contribution in [2.45, 2.75) is 20.4 Å². The smallest absolute Gasteiger partial charge is 0.340 e. The second kappa shape index (κ2) is 10.7. The van der Waals surface area contributed by atoms with Gasteiger partial charge in [-0.2, -0.15) is 0 Å². The van der Waals surface area contributed by atoms with Gasteiger partial charge in [-0.15, -0.1) is 0 Å². The molecule has 162 valence electrons. The predicted molar refractivity (Wildman–Crippen MR) is 117 cm³/mol. The summed E-state index contributed by atoms with van der Waals surface area (Å²) in [5.74, 6) is 1.13. The minimum Gasteiger partial charge on any atom is -0.490 e. The minimum atomic E-state index is -0.347. The van der Waals surface area contributed by atoms with Crippen molar-refractivity contribution in [1.82, 2.24) is 0 Å². The van der Waals surface area contributed by atoms with E-state index in [1.807, 2.05) is 50.2 Å². The Bertz CT molecular complexity index is 849. The van der Waals surface area contributed by atoms with E-state index in [4.69, 9.17) is 18.9 Å². The molecule has 7 nitrogen and oxygen atoms in total. The molecule has 30 heavy (non-hydrogen) atoms. The highest BCUT2D eigenvalue weighted by Gasteiger charge is 2.20. The molecule has 1 aliphatic rings. The fourth-order valence-corrected chi connectivity index (χ4v) is 3.41. The standard InChI is InChI=1S/C23H30N2O5/c1-4-29-21-9-6-17(14-22(21)30-5-2)16-24-18-7-8-20(19(15-18)23(26)27-3)25-10-12-28-13-11-25/h6-9,14-15,24H,4-5,10-13,16H2,1-3H3. The molecule has 7 heteroatoms. The van der Waals surface area contributed by atoms with Crippen LogP contribution in [0.5, 0.6) is 11.5 Å². The zero-order chi connectivity index (χ0) is 21.3. The van der Waals surface area contributed by atoms with Gasteiger partial charge in [-0.3, -0.25) is 0 Å². The third-order valence-corrected chi connectivity index (χ3v) is 4.86. The number of methoxy groups -OCH3 is 1. The van der Waals surface area contributed by atoms with E-state index in [9.17, 15) is 4.79 Å². The number of nitrogens with zero attached hydrogens (tertiary/aromatic N) is 1. The SMILES string of the molecule is CCOc1ccc(CNc2ccc(N3CCOCC3)c(C(=O)OC)c2)cc1OCC. The number of carbonyl (C=O) groups excluding carboxylic acids is 1. The molecule has 0 bridgehead atoms. The highest BCUT2D eigenvalue weighted by atomic mass is 16.5. The maximum Gasteiger partial charge on any atom is 0.340 e. The summed E-state index contributed by atoms with van der Waals surface area (Å²) in [4.78, 5) is 14.5. The average Bonchev–Trinajstić information content (AvgIpc) is 2.79. The lowest BCUT2D eigenvalue weighted by molar-refractivity contribution is 0.0600. The Morgan fingerprint density at radius 1 is 1.03 bits per heavy atom. The van der Waals surface area contributed by atoms with E-state index in [0.29, 0.717) is 38.5 Å². The Morgan fingerprint density at radius 3 is 2.47 bits per heavy atom. The summed E-state index contributed by atoms with van der Waals surface area (Å²) in [5, 5.41) is 3.38. The maximum atomic E-state index is 12.4. The molecular formula is C23H30N2O5. The van der Waals surface area contributed by atoms with Crippen LogP contribution in [0.3, 0.4) is 0 Å². The van der Waals surface area contributed by atoms with Crippen molar-refractivity contribution in [2.75, 3.05) is 56.8 Å². The Hall–Kier alpha value is -2.93. The van der Waals surface area contributed by atoms with Gasteiger partial charge in [-0.05, 0) is 49.7 Å². The van der Waals surface area contributed by atoms with Gasteiger partial charge in [-0.25, -0.2) is 4.79 Å². The Labute approximate surface area is 177 Å². The van der Waals surface area contributed by atoms with Crippen LogP contribution in [0.15, 0.2) is 36.4 Å². The number of ether oxygens (including phenoxy) is 4. The Morgan fingerprint density at radius 2 is 1.77 bits per heavy atom. The van der Waals surface area contributed by atoms with Crippen LogP contribution in [0, 0.1) is 0 Å². The predicted octanol–water partition coefficient (Wildman–Crippen LogP) is 3.72. The third kappa shape index (κ3) is 5.36. The van der Waals surface area contributed by atoms with Crippen molar-refractivity contribution >= 4 is 17.3 Å². The molecule has 0 unspecified atom stereocenters. The monoisotopic (exact) mass is 414 g/mol. The van der Waals surface area contributed by atoms with Crippen LogP contribution >= 0.6 is 0 Å². The number of carbonyl (C=O) groups is 1. The molecule has 2 aromatic rings. The first-order chi connectivity index (χ1) is 14.7. The van der Waals surface area contributed by atoms with Crippen molar-refractivity contribution in [1.29, 1.82) is 0 Å². The molecule has 0 amide bonds. The van der Waals surface area contributed by atoms with E-state index in [2.05, 4.69) is 10.2 Å². The summed E-state index contributed by atoms with van der Waals surface area (Å²) in [5.41, 5.74) is 3.32. The van der Waals surface area contributed by atoms with Crippen LogP contribution in [-0.4, -0.2) is 52.6 Å². The number of hydrogen-bond acceptors (Lipinski definition) is 7. The van der Waals surface area contributed by atoms with Gasteiger partial charge in [-0.1, -0.05) is 6.07 Å². The molecule has 0 radical (unpaired) electrons. The molecule has 1 saturated heterocycles. The summed E-state index contributed by atoms with van der Waals surface area (Å²) < 4.78 is 21.8. The molecule has 1 aliphatic heterocycles. The van der Waals surface area contributed by atoms with E-state index in [0.717, 1.165) is 41.5 Å². The third-order valence-electron chi connectivity index (χ3n) is 4.86. The van der Waals surface area contributed by atoms with Crippen LogP contribution in [0.4, 0.5) is 11.4 Å². The van der Waals surface area contributed by atoms with Gasteiger partial charge in [0.2, 0.25) is 0 Å². The van der Waals surface area contributed by atoms with Crippen molar-refractivity contribution in [3.63, 3.8) is 0 Å². The zero-order valence-electron chi connectivity index (χ0n) is 17.9. The number of nitrogens with one attached hydrogen (secondary N) is 1. The summed E-state index contributed by atoms with van der Waals surface area (Å²) in [7, 11) is 1.40. The first-order valence-corrected chi connectivity index (χ1v) is 10.3. The molecular weight excluding hydrogens is 384 g/mol. The summed E-state index contributed by atoms with van der Waals surface area (Å²) >= 11 is 0.